The van der Waals surface area contributed by atoms with Crippen LogP contribution in [-0.2, 0) is 18.4 Å². The average Bonchev–Trinajstić information content (AvgIpc) is 2.08. The van der Waals surface area contributed by atoms with Crippen LogP contribution in [0.2, 0.25) is 0 Å². The zero-order valence-electron chi connectivity index (χ0n) is 8.28. The van der Waals surface area contributed by atoms with Crippen LogP contribution < -0.4 is 0 Å². The van der Waals surface area contributed by atoms with Crippen molar-refractivity contribution >= 4 is 16.5 Å². The minimum Gasteiger partial charge on any atom is -0.326 e. The predicted molar refractivity (Wildman–Crippen MR) is 52.1 cm³/mol. The SMILES string of the molecule is CC1CO[P+](OP(O)O)(C(C)C)OO1. The first-order valence-corrected chi connectivity index (χ1v) is 7.00. The topological polar surface area (TPSA) is 77.4 Å². The molecule has 84 valence electrons. The summed E-state index contributed by atoms with van der Waals surface area (Å²) >= 11 is 0. The first-order valence-electron chi connectivity index (χ1n) is 4.22. The number of rotatable bonds is 3. The summed E-state index contributed by atoms with van der Waals surface area (Å²) in [7, 11) is -5.25. The highest BCUT2D eigenvalue weighted by Crippen LogP contribution is 2.72. The Kier molecular flexibility index (Phi) is 4.62. The Morgan fingerprint density at radius 2 is 2.14 bits per heavy atom. The van der Waals surface area contributed by atoms with Gasteiger partial charge in [0, 0.05) is 0 Å². The maximum atomic E-state index is 8.79. The van der Waals surface area contributed by atoms with Gasteiger partial charge in [-0.05, 0) is 25.4 Å². The smallest absolute Gasteiger partial charge is 0.326 e. The van der Waals surface area contributed by atoms with Gasteiger partial charge in [0.1, 0.15) is 18.4 Å². The third kappa shape index (κ3) is 3.05. The molecule has 1 fully saturated rings. The fraction of sp³-hybridized carbons (Fsp3) is 1.00. The van der Waals surface area contributed by atoms with Crippen LogP contribution >= 0.6 is 16.5 Å². The molecule has 1 aliphatic heterocycles. The van der Waals surface area contributed by atoms with Crippen molar-refractivity contribution in [2.24, 2.45) is 0 Å². The second kappa shape index (κ2) is 5.10. The van der Waals surface area contributed by atoms with Gasteiger partial charge in [-0.15, -0.1) is 0 Å². The Bertz CT molecular complexity index is 179. The van der Waals surface area contributed by atoms with Gasteiger partial charge in [0.05, 0.1) is 0 Å². The summed E-state index contributed by atoms with van der Waals surface area (Å²) in [6.07, 6.45) is -0.172. The van der Waals surface area contributed by atoms with E-state index in [-0.39, 0.29) is 11.8 Å². The lowest BCUT2D eigenvalue weighted by atomic mass is 10.5. The maximum absolute atomic E-state index is 8.79. The summed E-state index contributed by atoms with van der Waals surface area (Å²) in [5.74, 6) is 0. The molecule has 0 amide bonds. The Balaban J connectivity index is 2.63. The van der Waals surface area contributed by atoms with Crippen LogP contribution in [-0.4, -0.2) is 28.2 Å². The van der Waals surface area contributed by atoms with Crippen molar-refractivity contribution in [1.82, 2.24) is 0 Å². The fourth-order valence-corrected chi connectivity index (χ4v) is 3.92. The molecule has 0 aromatic heterocycles. The summed E-state index contributed by atoms with van der Waals surface area (Å²) in [6, 6.07) is 0. The van der Waals surface area contributed by atoms with Gasteiger partial charge in [0.2, 0.25) is 0 Å². The molecule has 0 aromatic carbocycles. The molecule has 0 spiro atoms. The average molecular weight is 245 g/mol. The van der Waals surface area contributed by atoms with Crippen molar-refractivity contribution in [2.75, 3.05) is 6.61 Å². The third-order valence-corrected chi connectivity index (χ3v) is 5.18. The lowest BCUT2D eigenvalue weighted by molar-refractivity contribution is -0.280. The predicted octanol–water partition coefficient (Wildman–Crippen LogP) is 1.75. The molecular weight excluding hydrogens is 230 g/mol. The highest BCUT2D eigenvalue weighted by molar-refractivity contribution is 7.68. The normalized spacial score (nSPS) is 34.1. The van der Waals surface area contributed by atoms with E-state index in [1.165, 1.54) is 0 Å². The zero-order chi connectivity index (χ0) is 10.8. The van der Waals surface area contributed by atoms with Crippen LogP contribution in [0, 0.1) is 0 Å². The van der Waals surface area contributed by atoms with Gasteiger partial charge in [0.15, 0.2) is 0 Å². The molecule has 0 saturated carbocycles. The molecule has 1 heterocycles. The molecule has 1 rings (SSSR count). The number of hydrogen-bond donors (Lipinski definition) is 2. The molecule has 14 heavy (non-hydrogen) atoms. The summed E-state index contributed by atoms with van der Waals surface area (Å²) in [6.45, 7) is 5.74. The molecule has 8 heteroatoms. The second-order valence-corrected chi connectivity index (χ2v) is 6.92. The summed E-state index contributed by atoms with van der Waals surface area (Å²) in [5.41, 5.74) is -0.112. The number of hydrogen-bond acceptors (Lipinski definition) is 6. The van der Waals surface area contributed by atoms with Crippen LogP contribution in [0.15, 0.2) is 0 Å². The molecule has 2 atom stereocenters. The van der Waals surface area contributed by atoms with E-state index in [4.69, 9.17) is 28.2 Å². The van der Waals surface area contributed by atoms with Gasteiger partial charge in [-0.25, -0.2) is 0 Å². The van der Waals surface area contributed by atoms with Gasteiger partial charge < -0.3 is 9.79 Å². The molecule has 0 aliphatic carbocycles. The molecular formula is C6H15O6P2+. The Morgan fingerprint density at radius 1 is 1.50 bits per heavy atom. The standard InChI is InChI=1S/C6H15O6P2/c1-5(2)14(12-13(7)8)9-4-6(3)10-11-14/h5-8H,4H2,1-3H3/q+1. The van der Waals surface area contributed by atoms with Crippen molar-refractivity contribution in [3.63, 3.8) is 0 Å². The first kappa shape index (κ1) is 12.7. The molecule has 0 radical (unpaired) electrons. The Hall–Kier alpha value is 0.620. The van der Waals surface area contributed by atoms with Gasteiger partial charge >= 0.3 is 16.5 Å². The van der Waals surface area contributed by atoms with Crippen molar-refractivity contribution in [1.29, 1.82) is 0 Å². The van der Waals surface area contributed by atoms with E-state index in [9.17, 15) is 0 Å². The van der Waals surface area contributed by atoms with Gasteiger partial charge in [-0.1, -0.05) is 4.31 Å². The first-order chi connectivity index (χ1) is 6.46. The minimum absolute atomic E-state index is 0.112. The third-order valence-electron chi connectivity index (χ3n) is 1.62. The lowest BCUT2D eigenvalue weighted by Crippen LogP contribution is -2.28. The summed E-state index contributed by atoms with van der Waals surface area (Å²) < 4.78 is 15.3. The van der Waals surface area contributed by atoms with Crippen molar-refractivity contribution in [3.05, 3.63) is 0 Å². The molecule has 1 saturated heterocycles. The van der Waals surface area contributed by atoms with Crippen molar-refractivity contribution in [2.45, 2.75) is 32.5 Å². The van der Waals surface area contributed by atoms with Crippen LogP contribution in [0.5, 0.6) is 0 Å². The van der Waals surface area contributed by atoms with Crippen LogP contribution in [0.1, 0.15) is 20.8 Å². The highest BCUT2D eigenvalue weighted by Gasteiger charge is 2.57. The fourth-order valence-electron chi connectivity index (χ4n) is 0.860. The summed E-state index contributed by atoms with van der Waals surface area (Å²) in [5, 5.41) is 0. The quantitative estimate of drug-likeness (QED) is 0.582. The van der Waals surface area contributed by atoms with Crippen molar-refractivity contribution < 1.29 is 28.2 Å². The minimum atomic E-state index is -2.75. The second-order valence-electron chi connectivity index (χ2n) is 3.25. The molecule has 1 aliphatic rings. The van der Waals surface area contributed by atoms with Gasteiger partial charge in [0.25, 0.3) is 0 Å². The monoisotopic (exact) mass is 245 g/mol. The van der Waals surface area contributed by atoms with E-state index in [1.54, 1.807) is 6.92 Å². The van der Waals surface area contributed by atoms with E-state index < -0.39 is 16.5 Å². The molecule has 0 aromatic rings. The van der Waals surface area contributed by atoms with Crippen LogP contribution in [0.25, 0.3) is 0 Å². The highest BCUT2D eigenvalue weighted by atomic mass is 31.3. The maximum Gasteiger partial charge on any atom is 0.461 e. The van der Waals surface area contributed by atoms with E-state index in [1.807, 2.05) is 13.8 Å². The van der Waals surface area contributed by atoms with E-state index in [0.29, 0.717) is 6.61 Å². The van der Waals surface area contributed by atoms with E-state index in [0.717, 1.165) is 0 Å². The van der Waals surface area contributed by atoms with Crippen molar-refractivity contribution in [3.8, 4) is 0 Å². The lowest BCUT2D eigenvalue weighted by Gasteiger charge is -2.28. The molecule has 2 N–H and O–H groups in total. The zero-order valence-corrected chi connectivity index (χ0v) is 10.1. The van der Waals surface area contributed by atoms with Gasteiger partial charge in [-0.2, -0.15) is 9.41 Å². The largest absolute Gasteiger partial charge is 0.461 e. The van der Waals surface area contributed by atoms with Crippen LogP contribution in [0.3, 0.4) is 0 Å². The van der Waals surface area contributed by atoms with Crippen LogP contribution in [0.4, 0.5) is 0 Å². The van der Waals surface area contributed by atoms with Gasteiger partial charge in [-0.3, -0.25) is 0 Å². The molecule has 2 unspecified atom stereocenters. The van der Waals surface area contributed by atoms with E-state index >= 15 is 0 Å². The Labute approximate surface area is 84.6 Å². The molecule has 0 bridgehead atoms. The molecule has 6 nitrogen and oxygen atoms in total. The summed E-state index contributed by atoms with van der Waals surface area (Å²) in [4.78, 5) is 22.5. The Morgan fingerprint density at radius 3 is 2.50 bits per heavy atom. The van der Waals surface area contributed by atoms with E-state index in [2.05, 4.69) is 0 Å².